The van der Waals surface area contributed by atoms with Gasteiger partial charge in [0, 0.05) is 26.0 Å². The van der Waals surface area contributed by atoms with Crippen LogP contribution in [0.15, 0.2) is 36.7 Å². The van der Waals surface area contributed by atoms with E-state index in [9.17, 15) is 4.79 Å². The second-order valence-corrected chi connectivity index (χ2v) is 7.50. The quantitative estimate of drug-likeness (QED) is 0.488. The number of unbranched alkanes of at least 4 members (excludes halogenated alkanes) is 8. The lowest BCUT2D eigenvalue weighted by molar-refractivity contribution is 0.0697. The molecule has 5 heteroatoms. The van der Waals surface area contributed by atoms with Crippen molar-refractivity contribution in [2.45, 2.75) is 71.3 Å². The summed E-state index contributed by atoms with van der Waals surface area (Å²) in [5.41, 5.74) is 0.956. The number of aliphatic hydroxyl groups excluding tert-OH is 1. The van der Waals surface area contributed by atoms with Gasteiger partial charge in [-0.2, -0.15) is 0 Å². The van der Waals surface area contributed by atoms with Crippen LogP contribution in [0.3, 0.4) is 0 Å². The summed E-state index contributed by atoms with van der Waals surface area (Å²) >= 11 is 0. The summed E-state index contributed by atoms with van der Waals surface area (Å²) in [5, 5.41) is 17.1. The Kier molecular flexibility index (Phi) is 12.9. The van der Waals surface area contributed by atoms with Gasteiger partial charge in [-0.25, -0.2) is 4.79 Å². The lowest BCUT2D eigenvalue weighted by Gasteiger charge is -2.17. The monoisotopic (exact) mass is 390 g/mol. The van der Waals surface area contributed by atoms with Crippen LogP contribution in [-0.4, -0.2) is 46.2 Å². The molecule has 0 atom stereocenters. The van der Waals surface area contributed by atoms with Crippen LogP contribution in [0.2, 0.25) is 0 Å². The Morgan fingerprint density at radius 2 is 1.50 bits per heavy atom. The van der Waals surface area contributed by atoms with Gasteiger partial charge in [0.15, 0.2) is 0 Å². The minimum Gasteiger partial charge on any atom is -0.478 e. The summed E-state index contributed by atoms with van der Waals surface area (Å²) in [6.07, 6.45) is 17.1. The molecule has 0 radical (unpaired) electrons. The van der Waals surface area contributed by atoms with Gasteiger partial charge in [0.05, 0.1) is 18.8 Å². The van der Waals surface area contributed by atoms with E-state index < -0.39 is 5.97 Å². The summed E-state index contributed by atoms with van der Waals surface area (Å²) in [6, 6.07) is 6.11. The molecule has 0 spiro atoms. The van der Waals surface area contributed by atoms with Gasteiger partial charge in [0.25, 0.3) is 0 Å². The number of carbonyl (C=O) groups is 1. The number of nitrogens with zero attached hydrogens (tertiary/aromatic N) is 2. The summed E-state index contributed by atoms with van der Waals surface area (Å²) in [7, 11) is 2.13. The first-order chi connectivity index (χ1) is 13.6. The van der Waals surface area contributed by atoms with E-state index in [4.69, 9.17) is 10.2 Å². The topological polar surface area (TPSA) is 64.0 Å². The van der Waals surface area contributed by atoms with E-state index in [1.807, 2.05) is 0 Å². The van der Waals surface area contributed by atoms with Crippen molar-refractivity contribution >= 4 is 5.97 Å². The lowest BCUT2D eigenvalue weighted by atomic mass is 10.1. The molecule has 2 N–H and O–H groups in total. The maximum absolute atomic E-state index is 10.3. The molecule has 1 aliphatic rings. The number of aliphatic hydroxyl groups is 1. The summed E-state index contributed by atoms with van der Waals surface area (Å²) in [4.78, 5) is 15.0. The van der Waals surface area contributed by atoms with Crippen molar-refractivity contribution in [3.05, 3.63) is 47.8 Å². The van der Waals surface area contributed by atoms with Crippen LogP contribution in [0, 0.1) is 0 Å². The second-order valence-electron chi connectivity index (χ2n) is 7.50. The molecule has 1 aromatic rings. The molecule has 0 aromatic heterocycles. The molecule has 158 valence electrons. The van der Waals surface area contributed by atoms with Crippen LogP contribution in [-0.2, 0) is 6.61 Å². The van der Waals surface area contributed by atoms with E-state index in [1.54, 1.807) is 12.1 Å². The summed E-state index contributed by atoms with van der Waals surface area (Å²) < 4.78 is 0. The van der Waals surface area contributed by atoms with E-state index in [-0.39, 0.29) is 12.2 Å². The second kappa shape index (κ2) is 15.0. The number of carboxylic acids is 1. The average Bonchev–Trinajstić information content (AvgIpc) is 3.12. The van der Waals surface area contributed by atoms with Crippen LogP contribution in [0.1, 0.15) is 80.6 Å². The van der Waals surface area contributed by atoms with Crippen molar-refractivity contribution in [2.24, 2.45) is 0 Å². The van der Waals surface area contributed by atoms with E-state index >= 15 is 0 Å². The zero-order chi connectivity index (χ0) is 20.6. The number of rotatable bonds is 12. The fourth-order valence-electron chi connectivity index (χ4n) is 3.11. The maximum atomic E-state index is 10.3. The highest BCUT2D eigenvalue weighted by Crippen LogP contribution is 2.11. The molecule has 0 bridgehead atoms. The highest BCUT2D eigenvalue weighted by Gasteiger charge is 2.06. The summed E-state index contributed by atoms with van der Waals surface area (Å²) in [5.74, 6) is -0.950. The van der Waals surface area contributed by atoms with E-state index in [0.29, 0.717) is 0 Å². The van der Waals surface area contributed by atoms with E-state index in [1.165, 1.54) is 76.5 Å². The molecule has 0 fully saturated rings. The molecule has 5 nitrogen and oxygen atoms in total. The Balaban J connectivity index is 0.000000307. The number of hydrogen-bond donors (Lipinski definition) is 2. The Bertz CT molecular complexity index is 557. The third-order valence-corrected chi connectivity index (χ3v) is 4.87. The Morgan fingerprint density at radius 1 is 0.929 bits per heavy atom. The van der Waals surface area contributed by atoms with E-state index in [2.05, 4.69) is 36.2 Å². The molecule has 0 unspecified atom stereocenters. The van der Waals surface area contributed by atoms with Gasteiger partial charge in [-0.1, -0.05) is 70.4 Å². The van der Waals surface area contributed by atoms with Gasteiger partial charge in [-0.3, -0.25) is 0 Å². The van der Waals surface area contributed by atoms with Crippen molar-refractivity contribution in [1.82, 2.24) is 9.80 Å². The lowest BCUT2D eigenvalue weighted by Crippen LogP contribution is -2.23. The molecule has 1 heterocycles. The zero-order valence-electron chi connectivity index (χ0n) is 17.6. The molecule has 0 aliphatic carbocycles. The molecular formula is C23H38N2O3. The molecule has 0 amide bonds. The molecule has 0 saturated carbocycles. The Hall–Kier alpha value is -2.01. The normalized spacial score (nSPS) is 12.8. The molecule has 0 saturated heterocycles. The third-order valence-electron chi connectivity index (χ3n) is 4.87. The number of aromatic carboxylic acids is 1. The van der Waals surface area contributed by atoms with Gasteiger partial charge >= 0.3 is 5.97 Å². The van der Waals surface area contributed by atoms with Gasteiger partial charge in [0.1, 0.15) is 0 Å². The van der Waals surface area contributed by atoms with Crippen molar-refractivity contribution in [3.8, 4) is 0 Å². The highest BCUT2D eigenvalue weighted by atomic mass is 16.4. The van der Waals surface area contributed by atoms with Crippen molar-refractivity contribution in [1.29, 1.82) is 0 Å². The number of hydrogen-bond acceptors (Lipinski definition) is 4. The number of carboxylic acid groups (broad SMARTS) is 1. The fraction of sp³-hybridized carbons (Fsp3) is 0.609. The molecule has 1 aromatic carbocycles. The fourth-order valence-corrected chi connectivity index (χ4v) is 3.11. The van der Waals surface area contributed by atoms with Gasteiger partial charge in [-0.15, -0.1) is 0 Å². The predicted molar refractivity (Wildman–Crippen MR) is 115 cm³/mol. The minimum absolute atomic E-state index is 0.0557. The Morgan fingerprint density at radius 3 is 1.96 bits per heavy atom. The van der Waals surface area contributed by atoms with Gasteiger partial charge < -0.3 is 20.0 Å². The van der Waals surface area contributed by atoms with Crippen molar-refractivity contribution in [3.63, 3.8) is 0 Å². The maximum Gasteiger partial charge on any atom is 0.335 e. The van der Waals surface area contributed by atoms with Gasteiger partial charge in [-0.05, 0) is 24.1 Å². The highest BCUT2D eigenvalue weighted by molar-refractivity contribution is 5.87. The SMILES string of the molecule is CCCCCCCCCCCN1C=CN(C)C1.O=C(O)c1ccc(CO)cc1. The van der Waals surface area contributed by atoms with Crippen LogP contribution >= 0.6 is 0 Å². The standard InChI is InChI=1S/C15H30N2.C8H8O3/c1-3-4-5-6-7-8-9-10-11-12-17-14-13-16(2)15-17;9-5-6-1-3-7(4-2-6)8(10)11/h13-14H,3-12,15H2,1-2H3;1-4,9H,5H2,(H,10,11). The minimum atomic E-state index is -0.950. The summed E-state index contributed by atoms with van der Waals surface area (Å²) in [6.45, 7) is 4.54. The van der Waals surface area contributed by atoms with Crippen LogP contribution in [0.4, 0.5) is 0 Å². The number of benzene rings is 1. The van der Waals surface area contributed by atoms with Crippen LogP contribution in [0.5, 0.6) is 0 Å². The van der Waals surface area contributed by atoms with Crippen LogP contribution in [0.25, 0.3) is 0 Å². The van der Waals surface area contributed by atoms with Crippen LogP contribution < -0.4 is 0 Å². The first-order valence-electron chi connectivity index (χ1n) is 10.6. The smallest absolute Gasteiger partial charge is 0.335 e. The van der Waals surface area contributed by atoms with Crippen molar-refractivity contribution < 1.29 is 15.0 Å². The zero-order valence-corrected chi connectivity index (χ0v) is 17.6. The predicted octanol–water partition coefficient (Wildman–Crippen LogP) is 5.07. The average molecular weight is 391 g/mol. The van der Waals surface area contributed by atoms with Gasteiger partial charge in [0.2, 0.25) is 0 Å². The Labute approximate surface area is 170 Å². The first kappa shape index (κ1) is 24.0. The molecular weight excluding hydrogens is 352 g/mol. The molecule has 28 heavy (non-hydrogen) atoms. The largest absolute Gasteiger partial charge is 0.478 e. The first-order valence-corrected chi connectivity index (χ1v) is 10.6. The van der Waals surface area contributed by atoms with Crippen molar-refractivity contribution in [2.75, 3.05) is 20.3 Å². The third kappa shape index (κ3) is 11.0. The molecule has 1 aliphatic heterocycles. The molecule has 2 rings (SSSR count). The van der Waals surface area contributed by atoms with E-state index in [0.717, 1.165) is 12.2 Å².